The van der Waals surface area contributed by atoms with E-state index in [1.807, 2.05) is 26.0 Å². The number of benzene rings is 1. The van der Waals surface area contributed by atoms with Crippen LogP contribution in [0.15, 0.2) is 24.3 Å². The fourth-order valence-corrected chi connectivity index (χ4v) is 3.06. The van der Waals surface area contributed by atoms with Crippen molar-refractivity contribution >= 4 is 5.69 Å². The fraction of sp³-hybridized carbons (Fsp3) is 0.600. The summed E-state index contributed by atoms with van der Waals surface area (Å²) in [7, 11) is 2.06. The molecule has 0 aromatic heterocycles. The molecule has 1 aromatic rings. The third-order valence-electron chi connectivity index (χ3n) is 4.66. The highest BCUT2D eigenvalue weighted by Gasteiger charge is 2.31. The smallest absolute Gasteiger partial charge is 0.119 e. The molecule has 132 valence electrons. The summed E-state index contributed by atoms with van der Waals surface area (Å²) in [6.07, 6.45) is 7.91. The monoisotopic (exact) mass is 330 g/mol. The lowest BCUT2D eigenvalue weighted by Crippen LogP contribution is -2.45. The molecule has 1 fully saturated rings. The Balaban J connectivity index is 1.82. The Morgan fingerprint density at radius 3 is 2.46 bits per heavy atom. The van der Waals surface area contributed by atoms with E-state index < -0.39 is 5.60 Å². The van der Waals surface area contributed by atoms with Crippen molar-refractivity contribution in [3.63, 3.8) is 0 Å². The second-order valence-electron chi connectivity index (χ2n) is 7.04. The van der Waals surface area contributed by atoms with Gasteiger partial charge in [-0.05, 0) is 57.4 Å². The molecule has 4 nitrogen and oxygen atoms in total. The number of ether oxygens (including phenoxy) is 1. The third kappa shape index (κ3) is 5.43. The normalized spacial score (nSPS) is 17.5. The van der Waals surface area contributed by atoms with Crippen LogP contribution in [0, 0.1) is 12.3 Å². The van der Waals surface area contributed by atoms with Crippen LogP contribution in [0.25, 0.3) is 0 Å². The van der Waals surface area contributed by atoms with Crippen LogP contribution in [0.1, 0.15) is 33.1 Å². The summed E-state index contributed by atoms with van der Waals surface area (Å²) in [5, 5.41) is 10.8. The van der Waals surface area contributed by atoms with Gasteiger partial charge in [0.25, 0.3) is 0 Å². The van der Waals surface area contributed by atoms with Gasteiger partial charge in [-0.1, -0.05) is 5.92 Å². The van der Waals surface area contributed by atoms with Crippen molar-refractivity contribution in [3.8, 4) is 18.1 Å². The highest BCUT2D eigenvalue weighted by atomic mass is 16.5. The molecular formula is C20H30N2O2. The Morgan fingerprint density at radius 1 is 1.29 bits per heavy atom. The highest BCUT2D eigenvalue weighted by molar-refractivity contribution is 5.48. The van der Waals surface area contributed by atoms with Crippen molar-refractivity contribution in [3.05, 3.63) is 24.3 Å². The molecule has 1 aromatic carbocycles. The van der Waals surface area contributed by atoms with Gasteiger partial charge in [-0.2, -0.15) is 0 Å². The predicted octanol–water partition coefficient (Wildman–Crippen LogP) is 2.76. The SMILES string of the molecule is C#CCN1CCC(O)(CCN(C)c2ccc(OC(C)C)cc2)CC1. The van der Waals surface area contributed by atoms with E-state index in [0.29, 0.717) is 6.54 Å². The quantitative estimate of drug-likeness (QED) is 0.780. The highest BCUT2D eigenvalue weighted by Crippen LogP contribution is 2.27. The van der Waals surface area contributed by atoms with Crippen molar-refractivity contribution < 1.29 is 9.84 Å². The van der Waals surface area contributed by atoms with Gasteiger partial charge in [-0.25, -0.2) is 0 Å². The summed E-state index contributed by atoms with van der Waals surface area (Å²) >= 11 is 0. The first-order chi connectivity index (χ1) is 11.4. The molecule has 0 atom stereocenters. The molecule has 0 saturated carbocycles. The lowest BCUT2D eigenvalue weighted by Gasteiger charge is -2.38. The Labute approximate surface area is 146 Å². The average Bonchev–Trinajstić information content (AvgIpc) is 2.55. The number of hydrogen-bond acceptors (Lipinski definition) is 4. The number of likely N-dealkylation sites (tertiary alicyclic amines) is 1. The molecule has 0 amide bonds. The van der Waals surface area contributed by atoms with E-state index in [2.05, 4.69) is 34.9 Å². The van der Waals surface area contributed by atoms with Gasteiger partial charge in [0.05, 0.1) is 18.2 Å². The zero-order valence-corrected chi connectivity index (χ0v) is 15.2. The molecule has 1 aliphatic heterocycles. The van der Waals surface area contributed by atoms with Crippen LogP contribution in [0.2, 0.25) is 0 Å². The number of hydrogen-bond donors (Lipinski definition) is 1. The standard InChI is InChI=1S/C20H30N2O2/c1-5-13-22-15-11-20(23,12-16-22)10-14-21(4)18-6-8-19(9-7-18)24-17(2)3/h1,6-9,17,23H,10-16H2,2-4H3. The van der Waals surface area contributed by atoms with E-state index in [0.717, 1.165) is 50.3 Å². The Hall–Kier alpha value is -1.70. The fourth-order valence-electron chi connectivity index (χ4n) is 3.06. The predicted molar refractivity (Wildman–Crippen MR) is 99.5 cm³/mol. The minimum Gasteiger partial charge on any atom is -0.491 e. The van der Waals surface area contributed by atoms with Gasteiger partial charge in [-0.15, -0.1) is 6.42 Å². The Morgan fingerprint density at radius 2 is 1.92 bits per heavy atom. The Kier molecular flexibility index (Phi) is 6.53. The molecule has 0 aliphatic carbocycles. The number of aliphatic hydroxyl groups is 1. The van der Waals surface area contributed by atoms with Gasteiger partial charge >= 0.3 is 0 Å². The van der Waals surface area contributed by atoms with Crippen LogP contribution >= 0.6 is 0 Å². The lowest BCUT2D eigenvalue weighted by atomic mass is 9.88. The molecule has 1 heterocycles. The molecule has 1 aliphatic rings. The maximum atomic E-state index is 10.8. The van der Waals surface area contributed by atoms with Crippen LogP contribution in [-0.2, 0) is 0 Å². The first-order valence-corrected chi connectivity index (χ1v) is 8.78. The second kappa shape index (κ2) is 8.41. The molecule has 0 spiro atoms. The molecule has 0 radical (unpaired) electrons. The molecule has 1 saturated heterocycles. The number of terminal acetylenes is 1. The van der Waals surface area contributed by atoms with Crippen molar-refractivity contribution in [2.75, 3.05) is 38.1 Å². The molecule has 1 N–H and O–H groups in total. The van der Waals surface area contributed by atoms with Crippen LogP contribution < -0.4 is 9.64 Å². The topological polar surface area (TPSA) is 35.9 Å². The van der Waals surface area contributed by atoms with E-state index in [1.165, 1.54) is 0 Å². The summed E-state index contributed by atoms with van der Waals surface area (Å²) in [6, 6.07) is 8.13. The molecule has 4 heteroatoms. The van der Waals surface area contributed by atoms with Crippen LogP contribution in [-0.4, -0.2) is 54.9 Å². The first-order valence-electron chi connectivity index (χ1n) is 8.78. The van der Waals surface area contributed by atoms with Crippen LogP contribution in [0.5, 0.6) is 5.75 Å². The van der Waals surface area contributed by atoms with Crippen molar-refractivity contribution in [1.82, 2.24) is 4.90 Å². The van der Waals surface area contributed by atoms with Crippen molar-refractivity contribution in [1.29, 1.82) is 0 Å². The zero-order valence-electron chi connectivity index (χ0n) is 15.2. The first kappa shape index (κ1) is 18.6. The van der Waals surface area contributed by atoms with Crippen molar-refractivity contribution in [2.45, 2.75) is 44.8 Å². The summed E-state index contributed by atoms with van der Waals surface area (Å²) in [5.74, 6) is 3.57. The Bertz CT molecular complexity index is 540. The van der Waals surface area contributed by atoms with E-state index in [9.17, 15) is 5.11 Å². The molecule has 0 bridgehead atoms. The van der Waals surface area contributed by atoms with E-state index >= 15 is 0 Å². The van der Waals surface area contributed by atoms with E-state index in [1.54, 1.807) is 0 Å². The third-order valence-corrected chi connectivity index (χ3v) is 4.66. The van der Waals surface area contributed by atoms with Crippen LogP contribution in [0.4, 0.5) is 5.69 Å². The maximum Gasteiger partial charge on any atom is 0.119 e. The minimum absolute atomic E-state index is 0.183. The zero-order chi connectivity index (χ0) is 17.6. The van der Waals surface area contributed by atoms with E-state index in [-0.39, 0.29) is 6.10 Å². The van der Waals surface area contributed by atoms with Crippen molar-refractivity contribution in [2.24, 2.45) is 0 Å². The van der Waals surface area contributed by atoms with E-state index in [4.69, 9.17) is 11.2 Å². The second-order valence-corrected chi connectivity index (χ2v) is 7.04. The van der Waals surface area contributed by atoms with Gasteiger partial charge < -0.3 is 14.7 Å². The maximum absolute atomic E-state index is 10.8. The minimum atomic E-state index is -0.569. The van der Waals surface area contributed by atoms with Gasteiger partial charge in [0.1, 0.15) is 5.75 Å². The molecular weight excluding hydrogens is 300 g/mol. The summed E-state index contributed by atoms with van der Waals surface area (Å²) in [4.78, 5) is 4.41. The number of rotatable bonds is 7. The van der Waals surface area contributed by atoms with Gasteiger partial charge in [0, 0.05) is 32.4 Å². The lowest BCUT2D eigenvalue weighted by molar-refractivity contribution is -0.0229. The number of anilines is 1. The average molecular weight is 330 g/mol. The number of piperidine rings is 1. The van der Waals surface area contributed by atoms with Gasteiger partial charge in [0.15, 0.2) is 0 Å². The van der Waals surface area contributed by atoms with Crippen LogP contribution in [0.3, 0.4) is 0 Å². The summed E-state index contributed by atoms with van der Waals surface area (Å²) < 4.78 is 5.67. The summed E-state index contributed by atoms with van der Waals surface area (Å²) in [6.45, 7) is 7.32. The van der Waals surface area contributed by atoms with Gasteiger partial charge in [-0.3, -0.25) is 4.90 Å². The molecule has 24 heavy (non-hydrogen) atoms. The van der Waals surface area contributed by atoms with Gasteiger partial charge in [0.2, 0.25) is 0 Å². The summed E-state index contributed by atoms with van der Waals surface area (Å²) in [5.41, 5.74) is 0.569. The molecule has 2 rings (SSSR count). The number of nitrogens with zero attached hydrogens (tertiary/aromatic N) is 2. The molecule has 0 unspecified atom stereocenters. The largest absolute Gasteiger partial charge is 0.491 e.